The maximum atomic E-state index is 12.0. The van der Waals surface area contributed by atoms with E-state index >= 15 is 0 Å². The molecule has 2 heterocycles. The average molecular weight is 323 g/mol. The van der Waals surface area contributed by atoms with Gasteiger partial charge in [0.05, 0.1) is 11.2 Å². The summed E-state index contributed by atoms with van der Waals surface area (Å²) in [5.74, 6) is -0.396. The predicted octanol–water partition coefficient (Wildman–Crippen LogP) is 2.44. The van der Waals surface area contributed by atoms with Crippen LogP contribution in [0.5, 0.6) is 0 Å². The Labute approximate surface area is 139 Å². The molecule has 7 heteroatoms. The quantitative estimate of drug-likeness (QED) is 0.691. The second-order valence-electron chi connectivity index (χ2n) is 6.36. The van der Waals surface area contributed by atoms with Crippen LogP contribution in [-0.2, 0) is 16.1 Å². The Bertz CT molecular complexity index is 926. The molecule has 0 atom stereocenters. The van der Waals surface area contributed by atoms with Crippen molar-refractivity contribution in [3.8, 4) is 11.8 Å². The molecule has 0 saturated heterocycles. The third-order valence-corrected chi connectivity index (χ3v) is 3.31. The summed E-state index contributed by atoms with van der Waals surface area (Å²) in [6.45, 7) is 5.38. The summed E-state index contributed by atoms with van der Waals surface area (Å²) < 4.78 is 8.51. The molecule has 1 aromatic carbocycles. The molecule has 24 heavy (non-hydrogen) atoms. The van der Waals surface area contributed by atoms with Gasteiger partial charge in [-0.15, -0.1) is 0 Å². The van der Waals surface area contributed by atoms with Crippen molar-refractivity contribution in [2.24, 2.45) is 0 Å². The normalized spacial score (nSPS) is 11.4. The summed E-state index contributed by atoms with van der Waals surface area (Å²) in [4.78, 5) is 12.0. The highest BCUT2D eigenvalue weighted by molar-refractivity contribution is 5.87. The van der Waals surface area contributed by atoms with Crippen LogP contribution in [-0.4, -0.2) is 31.1 Å². The number of carbonyl (C=O) groups is 1. The molecule has 3 aromatic rings. The Morgan fingerprint density at radius 3 is 2.79 bits per heavy atom. The van der Waals surface area contributed by atoms with E-state index in [1.54, 1.807) is 10.9 Å². The number of nitrogens with zero attached hydrogens (tertiary/aromatic N) is 5. The van der Waals surface area contributed by atoms with E-state index in [2.05, 4.69) is 16.3 Å². The van der Waals surface area contributed by atoms with Crippen molar-refractivity contribution in [1.82, 2.24) is 19.6 Å². The molecule has 3 rings (SSSR count). The number of hydrogen-bond donors (Lipinski definition) is 0. The summed E-state index contributed by atoms with van der Waals surface area (Å²) >= 11 is 0. The summed E-state index contributed by atoms with van der Waals surface area (Å²) in [5.41, 5.74) is 1.22. The SMILES string of the molecule is CC(C)(C)OC(=O)Cn1nc(C#N)c2cc(-n3cccn3)ccc21. The lowest BCUT2D eigenvalue weighted by Crippen LogP contribution is -2.26. The molecule has 0 saturated carbocycles. The lowest BCUT2D eigenvalue weighted by Gasteiger charge is -2.19. The minimum absolute atomic E-state index is 0.0451. The van der Waals surface area contributed by atoms with Gasteiger partial charge >= 0.3 is 5.97 Å². The summed E-state index contributed by atoms with van der Waals surface area (Å²) in [5, 5.41) is 18.4. The molecule has 122 valence electrons. The molecule has 0 unspecified atom stereocenters. The van der Waals surface area contributed by atoms with Gasteiger partial charge in [-0.05, 0) is 45.0 Å². The lowest BCUT2D eigenvalue weighted by atomic mass is 10.2. The van der Waals surface area contributed by atoms with Crippen molar-refractivity contribution >= 4 is 16.9 Å². The monoisotopic (exact) mass is 323 g/mol. The largest absolute Gasteiger partial charge is 0.459 e. The maximum absolute atomic E-state index is 12.0. The molecule has 0 bridgehead atoms. The zero-order valence-electron chi connectivity index (χ0n) is 13.7. The third-order valence-electron chi connectivity index (χ3n) is 3.31. The van der Waals surface area contributed by atoms with Gasteiger partial charge in [0.15, 0.2) is 5.69 Å². The van der Waals surface area contributed by atoms with Crippen LogP contribution in [0.25, 0.3) is 16.6 Å². The van der Waals surface area contributed by atoms with Crippen molar-refractivity contribution in [1.29, 1.82) is 5.26 Å². The fourth-order valence-corrected chi connectivity index (χ4v) is 2.43. The fraction of sp³-hybridized carbons (Fsp3) is 0.294. The molecule has 0 N–H and O–H groups in total. The fourth-order valence-electron chi connectivity index (χ4n) is 2.43. The van der Waals surface area contributed by atoms with Crippen LogP contribution < -0.4 is 0 Å². The summed E-state index contributed by atoms with van der Waals surface area (Å²) in [6, 6.07) is 9.41. The van der Waals surface area contributed by atoms with Crippen molar-refractivity contribution in [3.63, 3.8) is 0 Å². The number of hydrogen-bond acceptors (Lipinski definition) is 5. The minimum Gasteiger partial charge on any atom is -0.459 e. The van der Waals surface area contributed by atoms with E-state index in [1.165, 1.54) is 4.68 Å². The van der Waals surface area contributed by atoms with Gasteiger partial charge in [-0.2, -0.15) is 15.5 Å². The first-order valence-electron chi connectivity index (χ1n) is 7.50. The van der Waals surface area contributed by atoms with Gasteiger partial charge in [0.2, 0.25) is 0 Å². The number of aromatic nitrogens is 4. The molecule has 0 radical (unpaired) electrons. The highest BCUT2D eigenvalue weighted by atomic mass is 16.6. The summed E-state index contributed by atoms with van der Waals surface area (Å²) in [7, 11) is 0. The van der Waals surface area contributed by atoms with Crippen LogP contribution in [0, 0.1) is 11.3 Å². The van der Waals surface area contributed by atoms with E-state index in [0.29, 0.717) is 10.9 Å². The van der Waals surface area contributed by atoms with Crippen molar-refractivity contribution in [2.75, 3.05) is 0 Å². The highest BCUT2D eigenvalue weighted by Crippen LogP contribution is 2.22. The second-order valence-corrected chi connectivity index (χ2v) is 6.36. The Hall–Kier alpha value is -3.14. The van der Waals surface area contributed by atoms with Gasteiger partial charge in [-0.3, -0.25) is 9.48 Å². The first-order chi connectivity index (χ1) is 11.4. The average Bonchev–Trinajstić information content (AvgIpc) is 3.13. The Balaban J connectivity index is 1.99. The van der Waals surface area contributed by atoms with Crippen LogP contribution in [0.15, 0.2) is 36.7 Å². The van der Waals surface area contributed by atoms with Gasteiger partial charge in [-0.25, -0.2) is 4.68 Å². The molecule has 0 aliphatic rings. The molecule has 0 aliphatic carbocycles. The van der Waals surface area contributed by atoms with Crippen LogP contribution in [0.3, 0.4) is 0 Å². The van der Waals surface area contributed by atoms with E-state index in [1.807, 2.05) is 51.2 Å². The molecule has 0 fully saturated rings. The second kappa shape index (κ2) is 5.81. The topological polar surface area (TPSA) is 85.7 Å². The number of esters is 1. The van der Waals surface area contributed by atoms with E-state index in [4.69, 9.17) is 4.74 Å². The highest BCUT2D eigenvalue weighted by Gasteiger charge is 2.19. The van der Waals surface area contributed by atoms with Crippen molar-refractivity contribution < 1.29 is 9.53 Å². The standard InChI is InChI=1S/C17H17N5O2/c1-17(2,3)24-16(23)11-22-15-6-5-12(21-8-4-7-19-21)9-13(15)14(10-18)20-22/h4-9H,11H2,1-3H3. The maximum Gasteiger partial charge on any atom is 0.328 e. The van der Waals surface area contributed by atoms with Gasteiger partial charge in [0.25, 0.3) is 0 Å². The third kappa shape index (κ3) is 3.13. The van der Waals surface area contributed by atoms with Crippen LogP contribution >= 0.6 is 0 Å². The molecular formula is C17H17N5O2. The predicted molar refractivity (Wildman–Crippen MR) is 87.4 cm³/mol. The Morgan fingerprint density at radius 2 is 2.17 bits per heavy atom. The molecule has 0 aliphatic heterocycles. The van der Waals surface area contributed by atoms with Crippen molar-refractivity contribution in [3.05, 3.63) is 42.4 Å². The van der Waals surface area contributed by atoms with Crippen LogP contribution in [0.2, 0.25) is 0 Å². The number of fused-ring (bicyclic) bond motifs is 1. The smallest absolute Gasteiger partial charge is 0.328 e. The molecule has 7 nitrogen and oxygen atoms in total. The van der Waals surface area contributed by atoms with Crippen LogP contribution in [0.1, 0.15) is 26.5 Å². The molecule has 0 spiro atoms. The number of carbonyl (C=O) groups excluding carboxylic acids is 1. The van der Waals surface area contributed by atoms with E-state index in [-0.39, 0.29) is 12.2 Å². The van der Waals surface area contributed by atoms with E-state index in [0.717, 1.165) is 5.69 Å². The number of nitriles is 1. The Kier molecular flexibility index (Phi) is 3.81. The summed E-state index contributed by atoms with van der Waals surface area (Å²) in [6.07, 6.45) is 3.50. The number of rotatable bonds is 3. The van der Waals surface area contributed by atoms with Gasteiger partial charge < -0.3 is 4.74 Å². The zero-order valence-corrected chi connectivity index (χ0v) is 13.7. The van der Waals surface area contributed by atoms with E-state index < -0.39 is 11.6 Å². The van der Waals surface area contributed by atoms with Crippen molar-refractivity contribution in [2.45, 2.75) is 32.9 Å². The number of benzene rings is 1. The Morgan fingerprint density at radius 1 is 1.38 bits per heavy atom. The van der Waals surface area contributed by atoms with Crippen LogP contribution in [0.4, 0.5) is 0 Å². The van der Waals surface area contributed by atoms with Gasteiger partial charge in [0.1, 0.15) is 18.2 Å². The molecule has 2 aromatic heterocycles. The first-order valence-corrected chi connectivity index (χ1v) is 7.50. The molecular weight excluding hydrogens is 306 g/mol. The van der Waals surface area contributed by atoms with E-state index in [9.17, 15) is 10.1 Å². The first kappa shape index (κ1) is 15.7. The number of ether oxygens (including phenoxy) is 1. The minimum atomic E-state index is -0.564. The lowest BCUT2D eigenvalue weighted by molar-refractivity contribution is -0.155. The van der Waals surface area contributed by atoms with Gasteiger partial charge in [-0.1, -0.05) is 0 Å². The van der Waals surface area contributed by atoms with Gasteiger partial charge in [0, 0.05) is 17.8 Å². The zero-order chi connectivity index (χ0) is 17.3. The molecule has 0 amide bonds.